The average molecular weight is 640 g/mol. The second kappa shape index (κ2) is 11.4. The molecular weight excluding hydrogens is 611 g/mol. The molecule has 10 rings (SSSR count). The molecule has 234 valence electrons. The number of fused-ring (bicyclic) bond motifs is 6. The monoisotopic (exact) mass is 639 g/mol. The first-order chi connectivity index (χ1) is 24.8. The maximum Gasteiger partial charge on any atom is 0.238 e. The van der Waals surface area contributed by atoms with Gasteiger partial charge < -0.3 is 4.57 Å². The molecule has 0 aliphatic rings. The lowest BCUT2D eigenvalue weighted by atomic mass is 10.1. The summed E-state index contributed by atoms with van der Waals surface area (Å²) < 4.78 is 4.60. The minimum atomic E-state index is 0.586. The largest absolute Gasteiger partial charge is 0.309 e. The normalized spacial score (nSPS) is 11.6. The predicted molar refractivity (Wildman–Crippen MR) is 205 cm³/mol. The van der Waals surface area contributed by atoms with Crippen molar-refractivity contribution in [2.45, 2.75) is 0 Å². The van der Waals surface area contributed by atoms with Gasteiger partial charge in [0.05, 0.1) is 22.1 Å². The first-order valence-corrected chi connectivity index (χ1v) is 16.8. The zero-order chi connectivity index (χ0) is 33.0. The van der Waals surface area contributed by atoms with Gasteiger partial charge in [0.25, 0.3) is 0 Å². The van der Waals surface area contributed by atoms with Crippen molar-refractivity contribution in [2.75, 3.05) is 0 Å². The van der Waals surface area contributed by atoms with Gasteiger partial charge in [0, 0.05) is 38.4 Å². The van der Waals surface area contributed by atoms with Crippen molar-refractivity contribution in [3.05, 3.63) is 176 Å². The second-order valence-electron chi connectivity index (χ2n) is 12.5. The van der Waals surface area contributed by atoms with E-state index in [-0.39, 0.29) is 0 Å². The van der Waals surface area contributed by atoms with Gasteiger partial charge in [-0.1, -0.05) is 140 Å². The third kappa shape index (κ3) is 4.52. The van der Waals surface area contributed by atoms with E-state index >= 15 is 0 Å². The van der Waals surface area contributed by atoms with E-state index in [2.05, 4.69) is 124 Å². The van der Waals surface area contributed by atoms with Crippen LogP contribution in [0.1, 0.15) is 0 Å². The van der Waals surface area contributed by atoms with E-state index in [1.165, 1.54) is 21.9 Å². The van der Waals surface area contributed by atoms with Crippen LogP contribution in [0.15, 0.2) is 176 Å². The first kappa shape index (κ1) is 28.2. The Hall–Kier alpha value is -6.85. The van der Waals surface area contributed by atoms with E-state index < -0.39 is 0 Å². The second-order valence-corrected chi connectivity index (χ2v) is 12.5. The van der Waals surface area contributed by atoms with Crippen LogP contribution in [0.2, 0.25) is 0 Å². The Kier molecular flexibility index (Phi) is 6.42. The Balaban J connectivity index is 1.27. The van der Waals surface area contributed by atoms with E-state index in [1.807, 2.05) is 60.7 Å². The SMILES string of the molecule is c1ccc(-c2cccc(-n3c4ccccc4c4cc5c(cc43)c3ccccc3n5-c3nc(-c4ccccc4)nc(-c4ccccc4)n3)c2)cc1. The fraction of sp³-hybridized carbons (Fsp3) is 0. The van der Waals surface area contributed by atoms with Gasteiger partial charge in [-0.2, -0.15) is 9.97 Å². The van der Waals surface area contributed by atoms with E-state index in [0.29, 0.717) is 17.6 Å². The third-order valence-corrected chi connectivity index (χ3v) is 9.57. The van der Waals surface area contributed by atoms with E-state index in [9.17, 15) is 0 Å². The van der Waals surface area contributed by atoms with Gasteiger partial charge in [0.1, 0.15) is 0 Å². The van der Waals surface area contributed by atoms with Crippen LogP contribution >= 0.6 is 0 Å². The number of aromatic nitrogens is 5. The summed E-state index contributed by atoms with van der Waals surface area (Å²) in [5, 5.41) is 4.64. The Morgan fingerprint density at radius 2 is 0.760 bits per heavy atom. The van der Waals surface area contributed by atoms with Crippen molar-refractivity contribution < 1.29 is 0 Å². The summed E-state index contributed by atoms with van der Waals surface area (Å²) in [6.07, 6.45) is 0. The summed E-state index contributed by atoms with van der Waals surface area (Å²) in [4.78, 5) is 15.2. The number of rotatable bonds is 5. The van der Waals surface area contributed by atoms with E-state index in [4.69, 9.17) is 15.0 Å². The van der Waals surface area contributed by atoms with Crippen LogP contribution in [0, 0.1) is 0 Å². The molecule has 0 aliphatic carbocycles. The zero-order valence-corrected chi connectivity index (χ0v) is 27.0. The van der Waals surface area contributed by atoms with Crippen molar-refractivity contribution in [1.82, 2.24) is 24.1 Å². The van der Waals surface area contributed by atoms with Crippen LogP contribution in [-0.2, 0) is 0 Å². The van der Waals surface area contributed by atoms with Gasteiger partial charge in [0.2, 0.25) is 5.95 Å². The standard InChI is InChI=1S/C45H29N5/c1-4-15-30(16-5-1)33-21-14-22-34(27-33)49-39-25-12-10-23-35(39)37-29-42-38(28-41(37)49)36-24-11-13-26-40(36)50(42)45-47-43(31-17-6-2-7-18-31)46-44(48-45)32-19-8-3-9-20-32/h1-29H. The minimum absolute atomic E-state index is 0.586. The molecule has 5 heteroatoms. The topological polar surface area (TPSA) is 48.5 Å². The molecule has 7 aromatic carbocycles. The predicted octanol–water partition coefficient (Wildman–Crippen LogP) is 11.1. The molecule has 5 nitrogen and oxygen atoms in total. The highest BCUT2D eigenvalue weighted by atomic mass is 15.2. The quantitative estimate of drug-likeness (QED) is 0.188. The smallest absolute Gasteiger partial charge is 0.238 e. The molecule has 3 heterocycles. The highest BCUT2D eigenvalue weighted by molar-refractivity contribution is 6.19. The van der Waals surface area contributed by atoms with Gasteiger partial charge in [-0.25, -0.2) is 4.98 Å². The Bertz CT molecular complexity index is 2800. The summed E-state index contributed by atoms with van der Waals surface area (Å²) in [6.45, 7) is 0. The fourth-order valence-electron chi connectivity index (χ4n) is 7.28. The Morgan fingerprint density at radius 3 is 1.34 bits per heavy atom. The molecule has 0 unspecified atom stereocenters. The zero-order valence-electron chi connectivity index (χ0n) is 27.0. The molecule has 0 saturated carbocycles. The highest BCUT2D eigenvalue weighted by Gasteiger charge is 2.21. The molecule has 0 atom stereocenters. The average Bonchev–Trinajstić information content (AvgIpc) is 3.70. The van der Waals surface area contributed by atoms with Crippen molar-refractivity contribution in [1.29, 1.82) is 0 Å². The summed E-state index contributed by atoms with van der Waals surface area (Å²) in [5.74, 6) is 1.86. The lowest BCUT2D eigenvalue weighted by molar-refractivity contribution is 0.954. The molecule has 0 radical (unpaired) electrons. The van der Waals surface area contributed by atoms with Crippen LogP contribution in [0.4, 0.5) is 0 Å². The summed E-state index contributed by atoms with van der Waals surface area (Å²) in [5.41, 5.74) is 9.79. The van der Waals surface area contributed by atoms with Crippen LogP contribution in [-0.4, -0.2) is 24.1 Å². The molecule has 3 aromatic heterocycles. The van der Waals surface area contributed by atoms with Crippen LogP contribution in [0.25, 0.3) is 89.2 Å². The molecule has 10 aromatic rings. The van der Waals surface area contributed by atoms with Gasteiger partial charge >= 0.3 is 0 Å². The van der Waals surface area contributed by atoms with E-state index in [0.717, 1.165) is 49.7 Å². The van der Waals surface area contributed by atoms with Crippen molar-refractivity contribution in [3.63, 3.8) is 0 Å². The number of hydrogen-bond donors (Lipinski definition) is 0. The maximum atomic E-state index is 5.14. The van der Waals surface area contributed by atoms with Gasteiger partial charge in [-0.3, -0.25) is 4.57 Å². The molecule has 0 N–H and O–H groups in total. The van der Waals surface area contributed by atoms with Crippen molar-refractivity contribution >= 4 is 43.6 Å². The Morgan fingerprint density at radius 1 is 0.300 bits per heavy atom. The third-order valence-electron chi connectivity index (χ3n) is 9.57. The van der Waals surface area contributed by atoms with Crippen LogP contribution in [0.3, 0.4) is 0 Å². The molecular formula is C45H29N5. The van der Waals surface area contributed by atoms with Crippen molar-refractivity contribution in [3.8, 4) is 45.5 Å². The molecule has 0 spiro atoms. The van der Waals surface area contributed by atoms with Gasteiger partial charge in [-0.05, 0) is 47.5 Å². The molecule has 50 heavy (non-hydrogen) atoms. The lowest BCUT2D eigenvalue weighted by Gasteiger charge is -2.11. The molecule has 0 saturated heterocycles. The number of benzene rings is 7. The van der Waals surface area contributed by atoms with Crippen molar-refractivity contribution in [2.24, 2.45) is 0 Å². The maximum absolute atomic E-state index is 5.14. The van der Waals surface area contributed by atoms with Gasteiger partial charge in [-0.15, -0.1) is 0 Å². The highest BCUT2D eigenvalue weighted by Crippen LogP contribution is 2.40. The first-order valence-electron chi connectivity index (χ1n) is 16.8. The number of hydrogen-bond acceptors (Lipinski definition) is 3. The summed E-state index contributed by atoms with van der Waals surface area (Å²) in [6, 6.07) is 61.5. The summed E-state index contributed by atoms with van der Waals surface area (Å²) in [7, 11) is 0. The molecule has 0 amide bonds. The fourth-order valence-corrected chi connectivity index (χ4v) is 7.28. The van der Waals surface area contributed by atoms with Crippen LogP contribution in [0.5, 0.6) is 0 Å². The van der Waals surface area contributed by atoms with Crippen LogP contribution < -0.4 is 0 Å². The number of nitrogens with zero attached hydrogens (tertiary/aromatic N) is 5. The summed E-state index contributed by atoms with van der Waals surface area (Å²) >= 11 is 0. The molecule has 0 aliphatic heterocycles. The number of para-hydroxylation sites is 2. The lowest BCUT2D eigenvalue weighted by Crippen LogP contribution is -2.06. The minimum Gasteiger partial charge on any atom is -0.309 e. The molecule has 0 fully saturated rings. The van der Waals surface area contributed by atoms with E-state index in [1.54, 1.807) is 0 Å². The van der Waals surface area contributed by atoms with Gasteiger partial charge in [0.15, 0.2) is 11.6 Å². The Labute approximate surface area is 288 Å². The molecule has 0 bridgehead atoms.